The topological polar surface area (TPSA) is 54.7 Å². The van der Waals surface area contributed by atoms with E-state index in [4.69, 9.17) is 5.73 Å². The Morgan fingerprint density at radius 3 is 2.62 bits per heavy atom. The number of fused-ring (bicyclic) bond motifs is 1. The molecule has 0 aliphatic rings. The number of anilines is 1. The molecule has 2 heterocycles. The van der Waals surface area contributed by atoms with Crippen LogP contribution in [0.5, 0.6) is 0 Å². The maximum atomic E-state index is 5.42. The van der Waals surface area contributed by atoms with Gasteiger partial charge in [-0.25, -0.2) is 4.98 Å². The first-order valence-corrected chi connectivity index (χ1v) is 5.89. The molecule has 82 valence electrons. The summed E-state index contributed by atoms with van der Waals surface area (Å²) in [6.07, 6.45) is 0. The van der Waals surface area contributed by atoms with Gasteiger partial charge in [0, 0.05) is 0 Å². The minimum atomic E-state index is 0.473. The van der Waals surface area contributed by atoms with E-state index in [2.05, 4.69) is 33.7 Å². The van der Waals surface area contributed by atoms with Gasteiger partial charge in [0.1, 0.15) is 0 Å². The maximum absolute atomic E-state index is 5.42. The number of nitrogens with one attached hydrogen (secondary N) is 1. The first kappa shape index (κ1) is 10.7. The molecule has 3 rings (SSSR count). The molecule has 3 aromatic rings. The van der Waals surface area contributed by atoms with E-state index in [1.807, 2.05) is 24.3 Å². The van der Waals surface area contributed by atoms with E-state index in [0.29, 0.717) is 5.95 Å². The molecule has 0 bridgehead atoms. The Morgan fingerprint density at radius 2 is 2.06 bits per heavy atom. The van der Waals surface area contributed by atoms with Gasteiger partial charge in [-0.1, -0.05) is 12.1 Å². The number of aromatic nitrogens is 2. The number of para-hydroxylation sites is 2. The molecule has 0 aliphatic heterocycles. The monoisotopic (exact) mass is 231 g/mol. The lowest BCUT2D eigenvalue weighted by molar-refractivity contribution is 1.35. The predicted octanol–water partition coefficient (Wildman–Crippen LogP) is 3.20. The van der Waals surface area contributed by atoms with Gasteiger partial charge in [-0.15, -0.1) is 0 Å². The van der Waals surface area contributed by atoms with Crippen molar-refractivity contribution in [1.82, 2.24) is 9.97 Å². The zero-order valence-electron chi connectivity index (χ0n) is 8.97. The molecule has 16 heavy (non-hydrogen) atoms. The number of imidazole rings is 1. The van der Waals surface area contributed by atoms with Crippen LogP contribution in [0.15, 0.2) is 41.1 Å². The average molecular weight is 231 g/mol. The third kappa shape index (κ3) is 2.61. The van der Waals surface area contributed by atoms with Gasteiger partial charge in [0.05, 0.1) is 11.0 Å². The largest absolute Gasteiger partial charge is 0.369 e. The Labute approximate surface area is 97.9 Å². The van der Waals surface area contributed by atoms with Crippen LogP contribution in [0.2, 0.25) is 0 Å². The molecule has 2 aromatic heterocycles. The number of nitrogens with two attached hydrogens (primary N) is 1. The van der Waals surface area contributed by atoms with E-state index < -0.39 is 0 Å². The molecule has 1 aromatic carbocycles. The number of hydrogen-bond donors (Lipinski definition) is 2. The van der Waals surface area contributed by atoms with E-state index in [1.54, 1.807) is 11.3 Å². The molecule has 0 amide bonds. The quantitative estimate of drug-likeness (QED) is 0.624. The van der Waals surface area contributed by atoms with Crippen molar-refractivity contribution >= 4 is 28.3 Å². The normalized spacial score (nSPS) is 9.81. The maximum Gasteiger partial charge on any atom is 0.198 e. The number of H-pyrrole nitrogens is 1. The summed E-state index contributed by atoms with van der Waals surface area (Å²) in [7, 11) is 0. The second kappa shape index (κ2) is 4.81. The van der Waals surface area contributed by atoms with Crippen molar-refractivity contribution in [3.8, 4) is 0 Å². The number of hydrogen-bond acceptors (Lipinski definition) is 3. The fourth-order valence-electron chi connectivity index (χ4n) is 1.31. The van der Waals surface area contributed by atoms with Crippen LogP contribution in [0, 0.1) is 6.92 Å². The van der Waals surface area contributed by atoms with Gasteiger partial charge in [0.25, 0.3) is 0 Å². The lowest BCUT2D eigenvalue weighted by Gasteiger charge is -1.81. The van der Waals surface area contributed by atoms with Crippen LogP contribution in [0.25, 0.3) is 11.0 Å². The Morgan fingerprint density at radius 1 is 1.25 bits per heavy atom. The van der Waals surface area contributed by atoms with Gasteiger partial charge in [-0.3, -0.25) is 0 Å². The second-order valence-electron chi connectivity index (χ2n) is 3.44. The van der Waals surface area contributed by atoms with E-state index in [0.717, 1.165) is 11.0 Å². The summed E-state index contributed by atoms with van der Waals surface area (Å²) in [5.41, 5.74) is 8.69. The Hall–Kier alpha value is -1.81. The summed E-state index contributed by atoms with van der Waals surface area (Å²) < 4.78 is 0. The molecule has 0 spiro atoms. The molecule has 3 nitrogen and oxygen atoms in total. The second-order valence-corrected chi connectivity index (χ2v) is 4.22. The van der Waals surface area contributed by atoms with Gasteiger partial charge in [-0.05, 0) is 41.4 Å². The zero-order chi connectivity index (χ0) is 11.4. The molecule has 0 saturated carbocycles. The minimum Gasteiger partial charge on any atom is -0.369 e. The lowest BCUT2D eigenvalue weighted by Crippen LogP contribution is -1.84. The van der Waals surface area contributed by atoms with Crippen molar-refractivity contribution in [1.29, 1.82) is 0 Å². The molecule has 0 fully saturated rings. The number of nitrogens with zero attached hydrogens (tertiary/aromatic N) is 1. The van der Waals surface area contributed by atoms with Crippen LogP contribution >= 0.6 is 11.3 Å². The summed E-state index contributed by atoms with van der Waals surface area (Å²) in [4.78, 5) is 6.96. The lowest BCUT2D eigenvalue weighted by atomic mass is 10.3. The highest BCUT2D eigenvalue weighted by atomic mass is 32.1. The first-order valence-electron chi connectivity index (χ1n) is 4.95. The smallest absolute Gasteiger partial charge is 0.198 e. The first-order chi connectivity index (χ1) is 7.75. The van der Waals surface area contributed by atoms with Crippen LogP contribution in [0.4, 0.5) is 5.95 Å². The van der Waals surface area contributed by atoms with Crippen molar-refractivity contribution in [2.45, 2.75) is 6.92 Å². The number of rotatable bonds is 0. The Kier molecular flexibility index (Phi) is 3.22. The van der Waals surface area contributed by atoms with Crippen LogP contribution in [0.3, 0.4) is 0 Å². The molecule has 0 atom stereocenters. The van der Waals surface area contributed by atoms with Crippen LogP contribution < -0.4 is 5.73 Å². The van der Waals surface area contributed by atoms with Gasteiger partial charge in [-0.2, -0.15) is 11.3 Å². The van der Waals surface area contributed by atoms with Gasteiger partial charge < -0.3 is 10.7 Å². The molecular weight excluding hydrogens is 218 g/mol. The fourth-order valence-corrected chi connectivity index (χ4v) is 1.97. The summed E-state index contributed by atoms with van der Waals surface area (Å²) in [5.74, 6) is 0.473. The summed E-state index contributed by atoms with van der Waals surface area (Å²) in [6, 6.07) is 9.84. The van der Waals surface area contributed by atoms with Crippen LogP contribution in [0.1, 0.15) is 5.56 Å². The van der Waals surface area contributed by atoms with E-state index >= 15 is 0 Å². The highest BCUT2D eigenvalue weighted by molar-refractivity contribution is 7.07. The van der Waals surface area contributed by atoms with Crippen molar-refractivity contribution in [2.24, 2.45) is 0 Å². The summed E-state index contributed by atoms with van der Waals surface area (Å²) in [6.45, 7) is 2.09. The number of aromatic amines is 1. The van der Waals surface area contributed by atoms with Gasteiger partial charge >= 0.3 is 0 Å². The molecule has 0 saturated heterocycles. The van der Waals surface area contributed by atoms with Crippen molar-refractivity contribution < 1.29 is 0 Å². The van der Waals surface area contributed by atoms with Crippen LogP contribution in [-0.4, -0.2) is 9.97 Å². The third-order valence-corrected chi connectivity index (χ3v) is 2.87. The zero-order valence-corrected chi connectivity index (χ0v) is 9.79. The van der Waals surface area contributed by atoms with E-state index in [9.17, 15) is 0 Å². The standard InChI is InChI=1S/C7H7N3.C5H6S/c8-7-9-5-3-1-2-4-6(5)10-7;1-5-2-3-6-4-5/h1-4H,(H3,8,9,10);2-4H,1H3. The SMILES string of the molecule is Cc1ccsc1.Nc1nc2ccccc2[nH]1. The Balaban J connectivity index is 0.000000138. The average Bonchev–Trinajstić information content (AvgIpc) is 2.86. The van der Waals surface area contributed by atoms with Crippen molar-refractivity contribution in [3.63, 3.8) is 0 Å². The number of thiophene rings is 1. The predicted molar refractivity (Wildman–Crippen MR) is 69.6 cm³/mol. The molecular formula is C12H13N3S. The van der Waals surface area contributed by atoms with Crippen LogP contribution in [-0.2, 0) is 0 Å². The minimum absolute atomic E-state index is 0.473. The summed E-state index contributed by atoms with van der Waals surface area (Å²) >= 11 is 1.74. The van der Waals surface area contributed by atoms with Gasteiger partial charge in [0.2, 0.25) is 0 Å². The number of benzene rings is 1. The number of aryl methyl sites for hydroxylation is 1. The fraction of sp³-hybridized carbons (Fsp3) is 0.0833. The van der Waals surface area contributed by atoms with E-state index in [1.165, 1.54) is 5.56 Å². The van der Waals surface area contributed by atoms with E-state index in [-0.39, 0.29) is 0 Å². The van der Waals surface area contributed by atoms with Crippen molar-refractivity contribution in [3.05, 3.63) is 46.7 Å². The molecule has 0 aliphatic carbocycles. The molecule has 0 radical (unpaired) electrons. The molecule has 3 N–H and O–H groups in total. The van der Waals surface area contributed by atoms with Gasteiger partial charge in [0.15, 0.2) is 5.95 Å². The molecule has 0 unspecified atom stereocenters. The molecule has 4 heteroatoms. The van der Waals surface area contributed by atoms with Crippen molar-refractivity contribution in [2.75, 3.05) is 5.73 Å². The highest BCUT2D eigenvalue weighted by Crippen LogP contribution is 2.10. The summed E-state index contributed by atoms with van der Waals surface area (Å²) in [5, 5.41) is 4.20. The Bertz CT molecular complexity index is 521. The highest BCUT2D eigenvalue weighted by Gasteiger charge is 1.94. The number of nitrogen functional groups attached to an aromatic ring is 1. The third-order valence-electron chi connectivity index (χ3n) is 2.07.